The summed E-state index contributed by atoms with van der Waals surface area (Å²) in [6, 6.07) is 0. The van der Waals surface area contributed by atoms with E-state index in [0.717, 1.165) is 32.3 Å². The van der Waals surface area contributed by atoms with Crippen molar-refractivity contribution >= 4 is 6.21 Å². The van der Waals surface area contributed by atoms with Crippen molar-refractivity contribution in [3.8, 4) is 0 Å². The molecular weight excluding hydrogens is 240 g/mol. The van der Waals surface area contributed by atoms with Crippen molar-refractivity contribution in [2.24, 2.45) is 10.9 Å². The summed E-state index contributed by atoms with van der Waals surface area (Å²) in [6.07, 6.45) is 10.2. The topological polar surface area (TPSA) is 45.1 Å². The van der Waals surface area contributed by atoms with E-state index in [0.29, 0.717) is 5.92 Å². The number of hydrogen-bond donors (Lipinski definition) is 1. The number of piperidine rings is 1. The van der Waals surface area contributed by atoms with Crippen LogP contribution in [0.15, 0.2) is 4.99 Å². The summed E-state index contributed by atoms with van der Waals surface area (Å²) in [7, 11) is 0. The molecule has 1 saturated heterocycles. The zero-order valence-electron chi connectivity index (χ0n) is 12.0. The molecular formula is C15H28N2O2. The third kappa shape index (κ3) is 5.59. The van der Waals surface area contributed by atoms with Crippen LogP contribution in [-0.4, -0.2) is 55.3 Å². The van der Waals surface area contributed by atoms with E-state index in [-0.39, 0.29) is 12.8 Å². The maximum atomic E-state index is 8.74. The fourth-order valence-corrected chi connectivity index (χ4v) is 2.97. The van der Waals surface area contributed by atoms with Gasteiger partial charge in [-0.05, 0) is 57.5 Å². The highest BCUT2D eigenvalue weighted by Gasteiger charge is 2.22. The first-order chi connectivity index (χ1) is 9.38. The molecule has 19 heavy (non-hydrogen) atoms. The van der Waals surface area contributed by atoms with E-state index in [4.69, 9.17) is 9.84 Å². The van der Waals surface area contributed by atoms with Gasteiger partial charge >= 0.3 is 0 Å². The molecule has 0 radical (unpaired) electrons. The molecule has 0 bridgehead atoms. The quantitative estimate of drug-likeness (QED) is 0.719. The Morgan fingerprint density at radius 1 is 1.21 bits per heavy atom. The van der Waals surface area contributed by atoms with Crippen LogP contribution in [0.4, 0.5) is 0 Å². The van der Waals surface area contributed by atoms with Crippen molar-refractivity contribution in [2.45, 2.75) is 51.2 Å². The summed E-state index contributed by atoms with van der Waals surface area (Å²) in [4.78, 5) is 7.05. The molecule has 4 heteroatoms. The van der Waals surface area contributed by atoms with E-state index in [1.54, 1.807) is 0 Å². The summed E-state index contributed by atoms with van der Waals surface area (Å²) in [5, 5.41) is 8.74. The van der Waals surface area contributed by atoms with Crippen LogP contribution in [0, 0.1) is 5.92 Å². The van der Waals surface area contributed by atoms with Crippen LogP contribution in [0.1, 0.15) is 44.9 Å². The summed E-state index contributed by atoms with van der Waals surface area (Å²) >= 11 is 0. The molecule has 1 N–H and O–H groups in total. The molecule has 0 aromatic carbocycles. The minimum Gasteiger partial charge on any atom is -0.396 e. The molecule has 110 valence electrons. The lowest BCUT2D eigenvalue weighted by atomic mass is 9.97. The van der Waals surface area contributed by atoms with Gasteiger partial charge in [-0.2, -0.15) is 0 Å². The zero-order chi connectivity index (χ0) is 13.3. The number of hydrogen-bond acceptors (Lipinski definition) is 4. The molecule has 2 atom stereocenters. The number of rotatable bonds is 7. The van der Waals surface area contributed by atoms with Crippen LogP contribution in [0.25, 0.3) is 0 Å². The maximum Gasteiger partial charge on any atom is 0.148 e. The second kappa shape index (κ2) is 8.67. The Hall–Kier alpha value is -0.450. The number of likely N-dealkylation sites (tertiary alicyclic amines) is 1. The van der Waals surface area contributed by atoms with E-state index >= 15 is 0 Å². The number of aliphatic hydroxyl groups excluding tert-OH is 1. The Bertz CT molecular complexity index is 265. The van der Waals surface area contributed by atoms with Crippen molar-refractivity contribution in [1.29, 1.82) is 0 Å². The van der Waals surface area contributed by atoms with E-state index in [2.05, 4.69) is 16.1 Å². The molecule has 0 saturated carbocycles. The number of ether oxygens (including phenoxy) is 1. The summed E-state index contributed by atoms with van der Waals surface area (Å²) in [5.41, 5.74) is 0. The molecule has 2 aliphatic heterocycles. The van der Waals surface area contributed by atoms with Gasteiger partial charge in [-0.15, -0.1) is 0 Å². The second-order valence-corrected chi connectivity index (χ2v) is 5.79. The van der Waals surface area contributed by atoms with Crippen LogP contribution in [0.3, 0.4) is 0 Å². The van der Waals surface area contributed by atoms with Crippen LogP contribution < -0.4 is 0 Å². The lowest BCUT2D eigenvalue weighted by Crippen LogP contribution is -2.36. The van der Waals surface area contributed by atoms with Crippen molar-refractivity contribution in [2.75, 3.05) is 32.8 Å². The SMILES string of the molecule is OCCCCOC1CC(CN2CCCCC2)CC=N1. The number of aliphatic imine (C=N–C) groups is 1. The third-order valence-electron chi connectivity index (χ3n) is 4.07. The average molecular weight is 268 g/mol. The highest BCUT2D eigenvalue weighted by atomic mass is 16.5. The van der Waals surface area contributed by atoms with Crippen LogP contribution in [0.5, 0.6) is 0 Å². The van der Waals surface area contributed by atoms with E-state index < -0.39 is 0 Å². The molecule has 4 nitrogen and oxygen atoms in total. The van der Waals surface area contributed by atoms with E-state index in [1.165, 1.54) is 38.9 Å². The summed E-state index contributed by atoms with van der Waals surface area (Å²) < 4.78 is 5.78. The van der Waals surface area contributed by atoms with Gasteiger partial charge in [0.25, 0.3) is 0 Å². The Morgan fingerprint density at radius 2 is 2.05 bits per heavy atom. The average Bonchev–Trinajstić information content (AvgIpc) is 2.45. The number of unbranched alkanes of at least 4 members (excludes halogenated alkanes) is 1. The van der Waals surface area contributed by atoms with Gasteiger partial charge in [0.1, 0.15) is 6.23 Å². The van der Waals surface area contributed by atoms with Crippen molar-refractivity contribution < 1.29 is 9.84 Å². The molecule has 2 aliphatic rings. The van der Waals surface area contributed by atoms with Crippen molar-refractivity contribution in [1.82, 2.24) is 4.90 Å². The Balaban J connectivity index is 1.65. The molecule has 1 fully saturated rings. The first kappa shape index (κ1) is 14.9. The van der Waals surface area contributed by atoms with Crippen LogP contribution in [0.2, 0.25) is 0 Å². The van der Waals surface area contributed by atoms with Gasteiger partial charge in [-0.25, -0.2) is 0 Å². The fourth-order valence-electron chi connectivity index (χ4n) is 2.97. The van der Waals surface area contributed by atoms with Gasteiger partial charge in [-0.1, -0.05) is 6.42 Å². The van der Waals surface area contributed by atoms with Gasteiger partial charge in [0, 0.05) is 26.0 Å². The standard InChI is InChI=1S/C15H28N2O2/c18-10-4-5-11-19-15-12-14(6-7-16-15)13-17-8-2-1-3-9-17/h7,14-15,18H,1-6,8-13H2. The minimum absolute atomic E-state index is 0.0576. The first-order valence-electron chi connectivity index (χ1n) is 7.85. The smallest absolute Gasteiger partial charge is 0.148 e. The fraction of sp³-hybridized carbons (Fsp3) is 0.933. The second-order valence-electron chi connectivity index (χ2n) is 5.79. The predicted molar refractivity (Wildman–Crippen MR) is 77.6 cm³/mol. The first-order valence-corrected chi connectivity index (χ1v) is 7.85. The summed E-state index contributed by atoms with van der Waals surface area (Å²) in [5.74, 6) is 0.707. The van der Waals surface area contributed by atoms with Crippen molar-refractivity contribution in [3.05, 3.63) is 0 Å². The predicted octanol–water partition coefficient (Wildman–Crippen LogP) is 2.07. The molecule has 2 heterocycles. The largest absolute Gasteiger partial charge is 0.396 e. The van der Waals surface area contributed by atoms with Gasteiger partial charge in [0.2, 0.25) is 0 Å². The maximum absolute atomic E-state index is 8.74. The highest BCUT2D eigenvalue weighted by molar-refractivity contribution is 5.58. The zero-order valence-corrected chi connectivity index (χ0v) is 12.0. The Morgan fingerprint density at radius 3 is 2.84 bits per heavy atom. The monoisotopic (exact) mass is 268 g/mol. The van der Waals surface area contributed by atoms with Crippen LogP contribution in [-0.2, 0) is 4.74 Å². The third-order valence-corrected chi connectivity index (χ3v) is 4.07. The molecule has 0 aliphatic carbocycles. The molecule has 2 rings (SSSR count). The van der Waals surface area contributed by atoms with E-state index in [9.17, 15) is 0 Å². The van der Waals surface area contributed by atoms with Gasteiger partial charge in [0.05, 0.1) is 0 Å². The summed E-state index contributed by atoms with van der Waals surface area (Å²) in [6.45, 7) is 4.74. The lowest BCUT2D eigenvalue weighted by Gasteiger charge is -2.32. The minimum atomic E-state index is 0.0576. The number of aliphatic hydroxyl groups is 1. The van der Waals surface area contributed by atoms with Gasteiger partial charge < -0.3 is 14.7 Å². The molecule has 0 aromatic rings. The van der Waals surface area contributed by atoms with Gasteiger partial charge in [-0.3, -0.25) is 4.99 Å². The van der Waals surface area contributed by atoms with E-state index in [1.807, 2.05) is 0 Å². The van der Waals surface area contributed by atoms with Crippen molar-refractivity contribution in [3.63, 3.8) is 0 Å². The molecule has 0 spiro atoms. The lowest BCUT2D eigenvalue weighted by molar-refractivity contribution is 0.0296. The Labute approximate surface area is 116 Å². The molecule has 2 unspecified atom stereocenters. The number of nitrogens with zero attached hydrogens (tertiary/aromatic N) is 2. The van der Waals surface area contributed by atoms with Gasteiger partial charge in [0.15, 0.2) is 0 Å². The normalized spacial score (nSPS) is 28.7. The Kier molecular flexibility index (Phi) is 6.82. The molecule has 0 amide bonds. The highest BCUT2D eigenvalue weighted by Crippen LogP contribution is 2.21. The van der Waals surface area contributed by atoms with Crippen LogP contribution >= 0.6 is 0 Å². The molecule has 0 aromatic heterocycles.